The fourth-order valence-electron chi connectivity index (χ4n) is 3.11. The minimum absolute atomic E-state index is 0.0554. The van der Waals surface area contributed by atoms with E-state index in [1.807, 2.05) is 33.7 Å². The number of hydrogen-bond acceptors (Lipinski definition) is 3. The first-order valence-corrected chi connectivity index (χ1v) is 7.92. The lowest BCUT2D eigenvalue weighted by Gasteiger charge is -2.36. The predicted octanol–water partition coefficient (Wildman–Crippen LogP) is 2.76. The van der Waals surface area contributed by atoms with Crippen molar-refractivity contribution < 1.29 is 4.79 Å². The van der Waals surface area contributed by atoms with E-state index >= 15 is 0 Å². The molecule has 1 aromatic carbocycles. The van der Waals surface area contributed by atoms with Crippen LogP contribution in [0.1, 0.15) is 32.0 Å². The quantitative estimate of drug-likeness (QED) is 0.872. The number of benzene rings is 1. The van der Waals surface area contributed by atoms with Gasteiger partial charge in [-0.15, -0.1) is 0 Å². The van der Waals surface area contributed by atoms with Gasteiger partial charge < -0.3 is 9.80 Å². The molecule has 0 bridgehead atoms. The summed E-state index contributed by atoms with van der Waals surface area (Å²) in [5.74, 6) is 1.21. The van der Waals surface area contributed by atoms with Crippen molar-refractivity contribution in [2.75, 3.05) is 27.2 Å². The van der Waals surface area contributed by atoms with Crippen LogP contribution in [0.4, 0.5) is 4.79 Å². The Kier molecular flexibility index (Phi) is 3.91. The van der Waals surface area contributed by atoms with Crippen molar-refractivity contribution in [2.45, 2.75) is 32.2 Å². The molecule has 1 atom stereocenters. The molecule has 0 radical (unpaired) electrons. The molecule has 1 aliphatic heterocycles. The lowest BCUT2D eigenvalue weighted by molar-refractivity contribution is 0.165. The van der Waals surface area contributed by atoms with E-state index in [1.165, 1.54) is 0 Å². The Hall–Kier alpha value is -1.88. The van der Waals surface area contributed by atoms with E-state index in [2.05, 4.69) is 32.8 Å². The Bertz CT molecular complexity index is 689. The minimum atomic E-state index is 0.0554. The minimum Gasteiger partial charge on any atom is -0.321 e. The molecule has 1 amide bonds. The summed E-state index contributed by atoms with van der Waals surface area (Å²) in [6.45, 7) is 5.90. The van der Waals surface area contributed by atoms with Crippen LogP contribution in [0, 0.1) is 0 Å². The number of imidazole rings is 1. The summed E-state index contributed by atoms with van der Waals surface area (Å²) in [6.07, 6.45) is 1.01. The monoisotopic (exact) mass is 300 g/mol. The normalized spacial score (nSPS) is 18.5. The maximum atomic E-state index is 12.9. The molecule has 0 N–H and O–H groups in total. The van der Waals surface area contributed by atoms with Crippen LogP contribution in [0.15, 0.2) is 24.3 Å². The van der Waals surface area contributed by atoms with Gasteiger partial charge in [0.1, 0.15) is 5.82 Å². The molecule has 0 saturated heterocycles. The molecule has 3 rings (SSSR count). The van der Waals surface area contributed by atoms with E-state index in [4.69, 9.17) is 4.98 Å². The van der Waals surface area contributed by atoms with Crippen LogP contribution in [-0.2, 0) is 0 Å². The van der Waals surface area contributed by atoms with Gasteiger partial charge in [-0.3, -0.25) is 0 Å². The van der Waals surface area contributed by atoms with Gasteiger partial charge in [0.25, 0.3) is 0 Å². The standard InChI is InChI=1S/C17H24N4O/c1-12(2)20-11-13(9-10-19(3)4)16-18-14-7-5-6-8-15(14)21(16)17(20)22/h5-8,12-13H,9-11H2,1-4H3. The van der Waals surface area contributed by atoms with Crippen LogP contribution in [-0.4, -0.2) is 58.6 Å². The second kappa shape index (κ2) is 5.72. The second-order valence-corrected chi connectivity index (χ2v) is 6.61. The molecule has 1 unspecified atom stereocenters. The molecule has 5 heteroatoms. The lowest BCUT2D eigenvalue weighted by Crippen LogP contribution is -2.47. The first-order chi connectivity index (χ1) is 10.5. The van der Waals surface area contributed by atoms with E-state index in [9.17, 15) is 4.79 Å². The molecular weight excluding hydrogens is 276 g/mol. The third-order valence-corrected chi connectivity index (χ3v) is 4.35. The molecule has 0 spiro atoms. The number of amides is 1. The molecular formula is C17H24N4O. The summed E-state index contributed by atoms with van der Waals surface area (Å²) in [7, 11) is 4.16. The van der Waals surface area contributed by atoms with Crippen LogP contribution < -0.4 is 0 Å². The Labute approximate surface area is 131 Å². The van der Waals surface area contributed by atoms with Crippen LogP contribution in [0.25, 0.3) is 11.0 Å². The molecule has 2 aromatic rings. The first-order valence-electron chi connectivity index (χ1n) is 7.92. The van der Waals surface area contributed by atoms with E-state index in [0.717, 1.165) is 36.4 Å². The third-order valence-electron chi connectivity index (χ3n) is 4.35. The molecule has 1 aliphatic rings. The van der Waals surface area contributed by atoms with E-state index in [-0.39, 0.29) is 18.0 Å². The van der Waals surface area contributed by atoms with Gasteiger partial charge in [0.05, 0.1) is 11.0 Å². The largest absolute Gasteiger partial charge is 0.330 e. The SMILES string of the molecule is CC(C)N1CC(CCN(C)C)c2nc3ccccc3n2C1=O. The molecule has 5 nitrogen and oxygen atoms in total. The molecule has 0 fully saturated rings. The Morgan fingerprint density at radius 3 is 2.73 bits per heavy atom. The summed E-state index contributed by atoms with van der Waals surface area (Å²) in [4.78, 5) is 21.8. The number of carbonyl (C=O) groups excluding carboxylic acids is 1. The maximum Gasteiger partial charge on any atom is 0.330 e. The number of hydrogen-bond donors (Lipinski definition) is 0. The smallest absolute Gasteiger partial charge is 0.321 e. The van der Waals surface area contributed by atoms with Gasteiger partial charge in [0.2, 0.25) is 0 Å². The number of fused-ring (bicyclic) bond motifs is 3. The highest BCUT2D eigenvalue weighted by Crippen LogP contribution is 2.31. The zero-order valence-corrected chi connectivity index (χ0v) is 13.8. The average molecular weight is 300 g/mol. The zero-order chi connectivity index (χ0) is 15.9. The fraction of sp³-hybridized carbons (Fsp3) is 0.529. The molecule has 1 aromatic heterocycles. The highest BCUT2D eigenvalue weighted by molar-refractivity contribution is 5.91. The summed E-state index contributed by atoms with van der Waals surface area (Å²) >= 11 is 0. The molecule has 0 saturated carbocycles. The number of aromatic nitrogens is 2. The van der Waals surface area contributed by atoms with Crippen molar-refractivity contribution in [3.05, 3.63) is 30.1 Å². The summed E-state index contributed by atoms with van der Waals surface area (Å²) < 4.78 is 1.82. The van der Waals surface area contributed by atoms with E-state index < -0.39 is 0 Å². The summed E-state index contributed by atoms with van der Waals surface area (Å²) in [5.41, 5.74) is 1.83. The number of carbonyl (C=O) groups is 1. The number of para-hydroxylation sites is 2. The molecule has 2 heterocycles. The molecule has 22 heavy (non-hydrogen) atoms. The highest BCUT2D eigenvalue weighted by Gasteiger charge is 2.34. The number of rotatable bonds is 4. The van der Waals surface area contributed by atoms with Crippen molar-refractivity contribution in [3.8, 4) is 0 Å². The van der Waals surface area contributed by atoms with E-state index in [1.54, 1.807) is 0 Å². The Morgan fingerprint density at radius 1 is 1.32 bits per heavy atom. The van der Waals surface area contributed by atoms with Gasteiger partial charge in [-0.1, -0.05) is 12.1 Å². The van der Waals surface area contributed by atoms with Crippen LogP contribution in [0.5, 0.6) is 0 Å². The van der Waals surface area contributed by atoms with Crippen LogP contribution in [0.3, 0.4) is 0 Å². The maximum absolute atomic E-state index is 12.9. The van der Waals surface area contributed by atoms with Crippen molar-refractivity contribution in [2.24, 2.45) is 0 Å². The van der Waals surface area contributed by atoms with Crippen molar-refractivity contribution in [1.82, 2.24) is 19.4 Å². The van der Waals surface area contributed by atoms with Crippen LogP contribution in [0.2, 0.25) is 0 Å². The predicted molar refractivity (Wildman–Crippen MR) is 88.3 cm³/mol. The first kappa shape index (κ1) is 15.0. The van der Waals surface area contributed by atoms with Crippen molar-refractivity contribution in [3.63, 3.8) is 0 Å². The zero-order valence-electron chi connectivity index (χ0n) is 13.8. The Morgan fingerprint density at radius 2 is 2.05 bits per heavy atom. The summed E-state index contributed by atoms with van der Waals surface area (Å²) in [5, 5.41) is 0. The van der Waals surface area contributed by atoms with Gasteiger partial charge in [0.15, 0.2) is 0 Å². The Balaban J connectivity index is 2.07. The van der Waals surface area contributed by atoms with Gasteiger partial charge in [-0.05, 0) is 53.0 Å². The van der Waals surface area contributed by atoms with Gasteiger partial charge in [0, 0.05) is 18.5 Å². The highest BCUT2D eigenvalue weighted by atomic mass is 16.2. The van der Waals surface area contributed by atoms with Gasteiger partial charge in [-0.25, -0.2) is 14.3 Å². The summed E-state index contributed by atoms with van der Waals surface area (Å²) in [6, 6.07) is 8.16. The lowest BCUT2D eigenvalue weighted by atomic mass is 10.0. The van der Waals surface area contributed by atoms with Gasteiger partial charge in [-0.2, -0.15) is 0 Å². The third kappa shape index (κ3) is 2.50. The number of nitrogens with zero attached hydrogens (tertiary/aromatic N) is 4. The molecule has 0 aliphatic carbocycles. The molecule has 118 valence electrons. The van der Waals surface area contributed by atoms with Crippen molar-refractivity contribution >= 4 is 17.1 Å². The van der Waals surface area contributed by atoms with Gasteiger partial charge >= 0.3 is 6.03 Å². The van der Waals surface area contributed by atoms with E-state index in [0.29, 0.717) is 0 Å². The van der Waals surface area contributed by atoms with Crippen molar-refractivity contribution in [1.29, 1.82) is 0 Å². The van der Waals surface area contributed by atoms with Crippen LogP contribution >= 0.6 is 0 Å². The average Bonchev–Trinajstić information content (AvgIpc) is 2.86. The topological polar surface area (TPSA) is 41.4 Å². The fourth-order valence-corrected chi connectivity index (χ4v) is 3.11. The second-order valence-electron chi connectivity index (χ2n) is 6.61.